The van der Waals surface area contributed by atoms with Gasteiger partial charge in [-0.25, -0.2) is 4.98 Å². The lowest BCUT2D eigenvalue weighted by Gasteiger charge is -2.07. The zero-order valence-electron chi connectivity index (χ0n) is 13.7. The number of aromatic nitrogens is 2. The van der Waals surface area contributed by atoms with Crippen LogP contribution in [0.1, 0.15) is 32.8 Å². The number of nitrogens with one attached hydrogen (secondary N) is 1. The molecule has 1 N–H and O–H groups in total. The van der Waals surface area contributed by atoms with E-state index in [4.69, 9.17) is 0 Å². The van der Waals surface area contributed by atoms with Gasteiger partial charge in [0.05, 0.1) is 10.7 Å². The molecule has 0 fully saturated rings. The highest BCUT2D eigenvalue weighted by Gasteiger charge is 2.14. The smallest absolute Gasteiger partial charge is 0.272 e. The molecule has 0 aliphatic rings. The molecule has 3 aromatic rings. The average molecular weight is 339 g/mol. The lowest BCUT2D eigenvalue weighted by atomic mass is 10.1. The molecular weight excluding hydrogens is 322 g/mol. The van der Waals surface area contributed by atoms with Crippen molar-refractivity contribution >= 4 is 28.7 Å². The molecule has 0 atom stereocenters. The van der Waals surface area contributed by atoms with Crippen molar-refractivity contribution in [2.24, 2.45) is 7.05 Å². The topological polar surface area (TPSA) is 64.0 Å². The second kappa shape index (κ2) is 6.41. The highest BCUT2D eigenvalue weighted by atomic mass is 32.1. The number of hydrogen-bond acceptors (Lipinski definition) is 4. The fourth-order valence-corrected chi connectivity index (χ4v) is 3.06. The van der Waals surface area contributed by atoms with Crippen LogP contribution in [0.3, 0.4) is 0 Å². The van der Waals surface area contributed by atoms with E-state index in [0.29, 0.717) is 16.9 Å². The van der Waals surface area contributed by atoms with Crippen LogP contribution in [0.4, 0.5) is 5.69 Å². The molecule has 0 spiro atoms. The molecule has 0 aliphatic carbocycles. The van der Waals surface area contributed by atoms with Gasteiger partial charge in [-0.2, -0.15) is 0 Å². The summed E-state index contributed by atoms with van der Waals surface area (Å²) in [6, 6.07) is 8.73. The molecule has 0 bridgehead atoms. The number of rotatable bonds is 4. The molecule has 0 unspecified atom stereocenters. The molecule has 6 heteroatoms. The van der Waals surface area contributed by atoms with Gasteiger partial charge < -0.3 is 9.88 Å². The molecular formula is C18H17N3O2S. The zero-order chi connectivity index (χ0) is 17.3. The molecule has 0 saturated carbocycles. The minimum Gasteiger partial charge on any atom is -0.346 e. The number of anilines is 1. The Morgan fingerprint density at radius 3 is 2.71 bits per heavy atom. The third-order valence-electron chi connectivity index (χ3n) is 3.68. The Bertz CT molecular complexity index is 924. The van der Waals surface area contributed by atoms with Gasteiger partial charge in [-0.3, -0.25) is 9.59 Å². The second-order valence-corrected chi connectivity index (χ2v) is 6.63. The van der Waals surface area contributed by atoms with Crippen LogP contribution in [0.2, 0.25) is 0 Å². The van der Waals surface area contributed by atoms with E-state index in [0.717, 1.165) is 16.3 Å². The number of thiazole rings is 1. The van der Waals surface area contributed by atoms with Gasteiger partial charge >= 0.3 is 0 Å². The first-order chi connectivity index (χ1) is 11.4. The molecule has 1 amide bonds. The third kappa shape index (κ3) is 3.28. The molecule has 24 heavy (non-hydrogen) atoms. The Labute approximate surface area is 144 Å². The zero-order valence-corrected chi connectivity index (χ0v) is 14.5. The molecule has 2 heterocycles. The van der Waals surface area contributed by atoms with Crippen molar-refractivity contribution in [3.05, 3.63) is 58.2 Å². The fourth-order valence-electron chi connectivity index (χ4n) is 2.44. The summed E-state index contributed by atoms with van der Waals surface area (Å²) in [4.78, 5) is 28.4. The maximum atomic E-state index is 12.5. The lowest BCUT2D eigenvalue weighted by molar-refractivity contribution is 0.100. The minimum atomic E-state index is -0.226. The normalized spacial score (nSPS) is 10.6. The maximum Gasteiger partial charge on any atom is 0.272 e. The number of ketones is 1. The van der Waals surface area contributed by atoms with E-state index in [-0.39, 0.29) is 11.7 Å². The highest BCUT2D eigenvalue weighted by molar-refractivity contribution is 7.09. The van der Waals surface area contributed by atoms with Gasteiger partial charge in [0.25, 0.3) is 5.91 Å². The van der Waals surface area contributed by atoms with Gasteiger partial charge in [-0.1, -0.05) is 12.1 Å². The average Bonchev–Trinajstić information content (AvgIpc) is 3.13. The number of Topliss-reactive ketones (excluding diaryl/α,β-unsaturated/α-hetero) is 1. The predicted molar refractivity (Wildman–Crippen MR) is 95.7 cm³/mol. The first kappa shape index (κ1) is 16.1. The van der Waals surface area contributed by atoms with Gasteiger partial charge in [0.1, 0.15) is 5.69 Å². The van der Waals surface area contributed by atoms with Gasteiger partial charge in [0.2, 0.25) is 0 Å². The van der Waals surface area contributed by atoms with Gasteiger partial charge in [0.15, 0.2) is 5.78 Å². The Morgan fingerprint density at radius 1 is 1.25 bits per heavy atom. The molecule has 0 aliphatic heterocycles. The van der Waals surface area contributed by atoms with Crippen molar-refractivity contribution in [3.8, 4) is 11.3 Å². The van der Waals surface area contributed by atoms with E-state index >= 15 is 0 Å². The van der Waals surface area contributed by atoms with E-state index in [1.165, 1.54) is 6.92 Å². The number of aryl methyl sites for hydroxylation is 2. The van der Waals surface area contributed by atoms with Crippen LogP contribution in [0, 0.1) is 6.92 Å². The van der Waals surface area contributed by atoms with Crippen molar-refractivity contribution in [2.75, 3.05) is 5.32 Å². The van der Waals surface area contributed by atoms with Crippen LogP contribution < -0.4 is 5.32 Å². The summed E-state index contributed by atoms with van der Waals surface area (Å²) in [5.74, 6) is -0.262. The number of nitrogens with zero attached hydrogens (tertiary/aromatic N) is 2. The number of amides is 1. The predicted octanol–water partition coefficient (Wildman–Crippen LogP) is 3.91. The summed E-state index contributed by atoms with van der Waals surface area (Å²) in [6.45, 7) is 3.45. The summed E-state index contributed by atoms with van der Waals surface area (Å²) in [7, 11) is 1.82. The molecule has 3 rings (SSSR count). The Kier molecular flexibility index (Phi) is 4.31. The first-order valence-electron chi connectivity index (χ1n) is 7.45. The van der Waals surface area contributed by atoms with Crippen LogP contribution in [-0.4, -0.2) is 21.2 Å². The molecule has 0 radical (unpaired) electrons. The third-order valence-corrected chi connectivity index (χ3v) is 4.45. The number of benzene rings is 1. The van der Waals surface area contributed by atoms with Crippen LogP contribution in [0.5, 0.6) is 0 Å². The SMILES string of the molecule is CC(=O)c1cccc(NC(=O)c2cc(-c3csc(C)n3)cn2C)c1. The number of carbonyl (C=O) groups excluding carboxylic acids is 2. The van der Waals surface area contributed by atoms with E-state index in [1.54, 1.807) is 40.2 Å². The van der Waals surface area contributed by atoms with Crippen LogP contribution in [0.15, 0.2) is 41.9 Å². The monoisotopic (exact) mass is 339 g/mol. The van der Waals surface area contributed by atoms with Crippen molar-refractivity contribution in [3.63, 3.8) is 0 Å². The summed E-state index contributed by atoms with van der Waals surface area (Å²) >= 11 is 1.58. The second-order valence-electron chi connectivity index (χ2n) is 5.57. The van der Waals surface area contributed by atoms with Crippen molar-refractivity contribution in [1.82, 2.24) is 9.55 Å². The first-order valence-corrected chi connectivity index (χ1v) is 8.33. The lowest BCUT2D eigenvalue weighted by Crippen LogP contribution is -2.15. The standard InChI is InChI=1S/C18H17N3O2S/c1-11(22)13-5-4-6-15(7-13)20-18(23)17-8-14(9-21(17)3)16-10-24-12(2)19-16/h4-10H,1-3H3,(H,20,23). The van der Waals surface area contributed by atoms with Crippen LogP contribution in [0.25, 0.3) is 11.3 Å². The van der Waals surface area contributed by atoms with E-state index in [1.807, 2.05) is 31.6 Å². The quantitative estimate of drug-likeness (QED) is 0.733. The van der Waals surface area contributed by atoms with E-state index in [2.05, 4.69) is 10.3 Å². The van der Waals surface area contributed by atoms with Gasteiger partial charge in [0, 0.05) is 35.4 Å². The maximum absolute atomic E-state index is 12.5. The summed E-state index contributed by atoms with van der Waals surface area (Å²) in [5, 5.41) is 5.80. The summed E-state index contributed by atoms with van der Waals surface area (Å²) < 4.78 is 1.77. The summed E-state index contributed by atoms with van der Waals surface area (Å²) in [6.07, 6.45) is 1.88. The van der Waals surface area contributed by atoms with Gasteiger partial charge in [-0.05, 0) is 32.0 Å². The van der Waals surface area contributed by atoms with Crippen LogP contribution >= 0.6 is 11.3 Å². The van der Waals surface area contributed by atoms with E-state index in [9.17, 15) is 9.59 Å². The van der Waals surface area contributed by atoms with Crippen LogP contribution in [-0.2, 0) is 7.05 Å². The molecule has 2 aromatic heterocycles. The Hall–Kier alpha value is -2.73. The summed E-state index contributed by atoms with van der Waals surface area (Å²) in [5.41, 5.74) is 3.47. The Balaban J connectivity index is 1.84. The molecule has 1 aromatic carbocycles. The Morgan fingerprint density at radius 2 is 2.04 bits per heavy atom. The molecule has 0 saturated heterocycles. The largest absolute Gasteiger partial charge is 0.346 e. The number of carbonyl (C=O) groups is 2. The van der Waals surface area contributed by atoms with Crippen molar-refractivity contribution in [2.45, 2.75) is 13.8 Å². The van der Waals surface area contributed by atoms with E-state index < -0.39 is 0 Å². The molecule has 5 nitrogen and oxygen atoms in total. The highest BCUT2D eigenvalue weighted by Crippen LogP contribution is 2.24. The molecule has 122 valence electrons. The minimum absolute atomic E-state index is 0.0360. The van der Waals surface area contributed by atoms with Gasteiger partial charge in [-0.15, -0.1) is 11.3 Å². The van der Waals surface area contributed by atoms with Crippen molar-refractivity contribution in [1.29, 1.82) is 0 Å². The van der Waals surface area contributed by atoms with Crippen molar-refractivity contribution < 1.29 is 9.59 Å². The fraction of sp³-hybridized carbons (Fsp3) is 0.167. The number of hydrogen-bond donors (Lipinski definition) is 1.